The van der Waals surface area contributed by atoms with Crippen molar-refractivity contribution in [1.82, 2.24) is 10.2 Å². The Morgan fingerprint density at radius 3 is 2.45 bits per heavy atom. The largest absolute Gasteiger partial charge is 0.469 e. The van der Waals surface area contributed by atoms with Gasteiger partial charge in [0.1, 0.15) is 0 Å². The number of ether oxygens (including phenoxy) is 1. The highest BCUT2D eigenvalue weighted by Gasteiger charge is 2.30. The quantitative estimate of drug-likeness (QED) is 0.726. The summed E-state index contributed by atoms with van der Waals surface area (Å²) < 4.78 is 4.86. The number of hydrogen-bond acceptors (Lipinski definition) is 4. The van der Waals surface area contributed by atoms with Crippen LogP contribution < -0.4 is 5.32 Å². The van der Waals surface area contributed by atoms with Crippen molar-refractivity contribution in [2.45, 2.75) is 52.0 Å². The van der Waals surface area contributed by atoms with Gasteiger partial charge in [-0.1, -0.05) is 0 Å². The van der Waals surface area contributed by atoms with Gasteiger partial charge in [0.05, 0.1) is 12.5 Å². The van der Waals surface area contributed by atoms with Crippen LogP contribution in [0.2, 0.25) is 0 Å². The summed E-state index contributed by atoms with van der Waals surface area (Å²) >= 11 is 0. The van der Waals surface area contributed by atoms with Crippen LogP contribution in [0.15, 0.2) is 0 Å². The van der Waals surface area contributed by atoms with Crippen LogP contribution in [0.4, 0.5) is 0 Å². The number of carbonyl (C=O) groups is 1. The van der Waals surface area contributed by atoms with E-state index < -0.39 is 0 Å². The van der Waals surface area contributed by atoms with Crippen molar-refractivity contribution >= 4 is 5.97 Å². The highest BCUT2D eigenvalue weighted by atomic mass is 16.5. The number of likely N-dealkylation sites (tertiary alicyclic amines) is 1. The molecule has 1 saturated heterocycles. The first-order chi connectivity index (χ1) is 9.51. The van der Waals surface area contributed by atoms with Crippen LogP contribution in [0.3, 0.4) is 0 Å². The molecule has 1 N–H and O–H groups in total. The molecule has 0 aromatic rings. The second-order valence-corrected chi connectivity index (χ2v) is 7.09. The minimum Gasteiger partial charge on any atom is -0.469 e. The van der Waals surface area contributed by atoms with E-state index in [4.69, 9.17) is 4.74 Å². The Morgan fingerprint density at radius 2 is 1.90 bits per heavy atom. The standard InChI is InChI=1S/C16H30N2O2/c1-16(2,15(19)20-3)8-11-18-9-6-14(7-10-18)17-12-13-4-5-13/h13-14,17H,4-12H2,1-3H3. The van der Waals surface area contributed by atoms with Crippen LogP contribution in [-0.4, -0.2) is 50.2 Å². The fourth-order valence-corrected chi connectivity index (χ4v) is 2.83. The second kappa shape index (κ2) is 6.90. The minimum absolute atomic E-state index is 0.0986. The summed E-state index contributed by atoms with van der Waals surface area (Å²) in [4.78, 5) is 14.1. The maximum absolute atomic E-state index is 11.7. The number of nitrogens with one attached hydrogen (secondary N) is 1. The second-order valence-electron chi connectivity index (χ2n) is 7.09. The fourth-order valence-electron chi connectivity index (χ4n) is 2.83. The zero-order valence-corrected chi connectivity index (χ0v) is 13.3. The van der Waals surface area contributed by atoms with Gasteiger partial charge in [0.15, 0.2) is 0 Å². The molecule has 116 valence electrons. The van der Waals surface area contributed by atoms with Crippen molar-refractivity contribution < 1.29 is 9.53 Å². The van der Waals surface area contributed by atoms with E-state index in [1.165, 1.54) is 39.3 Å². The molecule has 0 bridgehead atoms. The van der Waals surface area contributed by atoms with Gasteiger partial charge < -0.3 is 15.0 Å². The fraction of sp³-hybridized carbons (Fsp3) is 0.938. The van der Waals surface area contributed by atoms with Crippen molar-refractivity contribution in [3.05, 3.63) is 0 Å². The van der Waals surface area contributed by atoms with Gasteiger partial charge in [0.2, 0.25) is 0 Å². The first-order valence-corrected chi connectivity index (χ1v) is 8.05. The predicted octanol–water partition coefficient (Wildman–Crippen LogP) is 2.04. The van der Waals surface area contributed by atoms with Crippen molar-refractivity contribution in [2.24, 2.45) is 11.3 Å². The third kappa shape index (κ3) is 4.74. The summed E-state index contributed by atoms with van der Waals surface area (Å²) in [7, 11) is 1.47. The number of carbonyl (C=O) groups excluding carboxylic acids is 1. The van der Waals surface area contributed by atoms with Crippen LogP contribution in [0, 0.1) is 11.3 Å². The van der Waals surface area contributed by atoms with E-state index in [1.54, 1.807) is 0 Å². The van der Waals surface area contributed by atoms with E-state index in [-0.39, 0.29) is 11.4 Å². The monoisotopic (exact) mass is 282 g/mol. The average Bonchev–Trinajstić information content (AvgIpc) is 3.27. The van der Waals surface area contributed by atoms with Gasteiger partial charge in [0, 0.05) is 6.04 Å². The van der Waals surface area contributed by atoms with Crippen LogP contribution in [0.25, 0.3) is 0 Å². The van der Waals surface area contributed by atoms with Gasteiger partial charge in [-0.25, -0.2) is 0 Å². The van der Waals surface area contributed by atoms with Crippen molar-refractivity contribution in [1.29, 1.82) is 0 Å². The molecule has 0 radical (unpaired) electrons. The Balaban J connectivity index is 1.62. The molecule has 2 rings (SSSR count). The van der Waals surface area contributed by atoms with Gasteiger partial charge in [-0.3, -0.25) is 4.79 Å². The Morgan fingerprint density at radius 1 is 1.25 bits per heavy atom. The summed E-state index contributed by atoms with van der Waals surface area (Å²) in [6, 6.07) is 0.709. The van der Waals surface area contributed by atoms with E-state index in [0.717, 1.165) is 32.0 Å². The van der Waals surface area contributed by atoms with Gasteiger partial charge in [-0.2, -0.15) is 0 Å². The number of nitrogens with zero attached hydrogens (tertiary/aromatic N) is 1. The molecule has 0 amide bonds. The lowest BCUT2D eigenvalue weighted by atomic mass is 9.89. The van der Waals surface area contributed by atoms with E-state index in [2.05, 4.69) is 10.2 Å². The van der Waals surface area contributed by atoms with Gasteiger partial charge >= 0.3 is 5.97 Å². The summed E-state index contributed by atoms with van der Waals surface area (Å²) in [5.41, 5.74) is -0.365. The molecule has 4 nitrogen and oxygen atoms in total. The molecular weight excluding hydrogens is 252 g/mol. The molecule has 20 heavy (non-hydrogen) atoms. The third-order valence-corrected chi connectivity index (χ3v) is 4.77. The molecule has 1 aliphatic heterocycles. The average molecular weight is 282 g/mol. The topological polar surface area (TPSA) is 41.6 Å². The Bertz CT molecular complexity index is 318. The zero-order valence-electron chi connectivity index (χ0n) is 13.3. The summed E-state index contributed by atoms with van der Waals surface area (Å²) in [5, 5.41) is 3.70. The first-order valence-electron chi connectivity index (χ1n) is 8.05. The Hall–Kier alpha value is -0.610. The Kier molecular flexibility index (Phi) is 5.44. The molecule has 0 aromatic carbocycles. The normalized spacial score (nSPS) is 21.9. The number of piperidine rings is 1. The first kappa shape index (κ1) is 15.8. The maximum atomic E-state index is 11.7. The molecule has 0 aromatic heterocycles. The van der Waals surface area contributed by atoms with Crippen molar-refractivity contribution in [3.8, 4) is 0 Å². The minimum atomic E-state index is -0.365. The highest BCUT2D eigenvalue weighted by molar-refractivity contribution is 5.75. The van der Waals surface area contributed by atoms with Gasteiger partial charge in [-0.15, -0.1) is 0 Å². The number of esters is 1. The molecule has 4 heteroatoms. The third-order valence-electron chi connectivity index (χ3n) is 4.77. The van der Waals surface area contributed by atoms with Crippen LogP contribution >= 0.6 is 0 Å². The molecule has 0 unspecified atom stereocenters. The number of methoxy groups -OCH3 is 1. The van der Waals surface area contributed by atoms with Crippen molar-refractivity contribution in [3.63, 3.8) is 0 Å². The lowest BCUT2D eigenvalue weighted by Gasteiger charge is -2.34. The SMILES string of the molecule is COC(=O)C(C)(C)CCN1CCC(NCC2CC2)CC1. The number of hydrogen-bond donors (Lipinski definition) is 1. The van der Waals surface area contributed by atoms with Crippen LogP contribution in [-0.2, 0) is 9.53 Å². The lowest BCUT2D eigenvalue weighted by molar-refractivity contribution is -0.151. The Labute approximate surface area is 123 Å². The molecule has 1 saturated carbocycles. The predicted molar refractivity (Wildman–Crippen MR) is 80.6 cm³/mol. The maximum Gasteiger partial charge on any atom is 0.311 e. The molecular formula is C16H30N2O2. The zero-order chi connectivity index (χ0) is 14.6. The molecule has 1 aliphatic carbocycles. The molecule has 0 atom stereocenters. The lowest BCUT2D eigenvalue weighted by Crippen LogP contribution is -2.44. The summed E-state index contributed by atoms with van der Waals surface area (Å²) in [6.07, 6.45) is 6.21. The summed E-state index contributed by atoms with van der Waals surface area (Å²) in [6.45, 7) is 8.47. The molecule has 2 aliphatic rings. The highest BCUT2D eigenvalue weighted by Crippen LogP contribution is 2.28. The molecule has 0 spiro atoms. The van der Waals surface area contributed by atoms with E-state index in [0.29, 0.717) is 6.04 Å². The summed E-state index contributed by atoms with van der Waals surface area (Å²) in [5.74, 6) is 0.868. The van der Waals surface area contributed by atoms with E-state index in [9.17, 15) is 4.79 Å². The van der Waals surface area contributed by atoms with E-state index in [1.807, 2.05) is 13.8 Å². The van der Waals surface area contributed by atoms with Crippen LogP contribution in [0.1, 0.15) is 46.0 Å². The number of rotatable bonds is 7. The van der Waals surface area contributed by atoms with Gasteiger partial charge in [0.25, 0.3) is 0 Å². The molecule has 2 fully saturated rings. The smallest absolute Gasteiger partial charge is 0.311 e. The molecule has 1 heterocycles. The van der Waals surface area contributed by atoms with Gasteiger partial charge in [-0.05, 0) is 78.0 Å². The van der Waals surface area contributed by atoms with E-state index >= 15 is 0 Å². The van der Waals surface area contributed by atoms with Crippen molar-refractivity contribution in [2.75, 3.05) is 33.3 Å². The van der Waals surface area contributed by atoms with Crippen LogP contribution in [0.5, 0.6) is 0 Å².